The molecule has 4 aromatic carbocycles. The van der Waals surface area contributed by atoms with Gasteiger partial charge < -0.3 is 14.2 Å². The first-order valence-corrected chi connectivity index (χ1v) is 15.5. The lowest BCUT2D eigenvalue weighted by molar-refractivity contribution is -0.205. The fourth-order valence-corrected chi connectivity index (χ4v) is 5.56. The molecule has 1 saturated heterocycles. The molecule has 0 aliphatic carbocycles. The van der Waals surface area contributed by atoms with Gasteiger partial charge in [-0.05, 0) is 86.2 Å². The van der Waals surface area contributed by atoms with Gasteiger partial charge in [0.15, 0.2) is 6.29 Å². The van der Waals surface area contributed by atoms with Crippen molar-refractivity contribution >= 4 is 0 Å². The highest BCUT2D eigenvalue weighted by Crippen LogP contribution is 2.39. The molecule has 1 heterocycles. The molecule has 11 heteroatoms. The number of allylic oxidation sites excluding steroid dienone is 3. The summed E-state index contributed by atoms with van der Waals surface area (Å²) in [5.74, 6) is -8.07. The highest BCUT2D eigenvalue weighted by Gasteiger charge is 2.41. The molecular formula is C38H32F8O3. The molecule has 1 aliphatic heterocycles. The van der Waals surface area contributed by atoms with E-state index in [1.54, 1.807) is 0 Å². The lowest BCUT2D eigenvalue weighted by Crippen LogP contribution is -2.27. The Labute approximate surface area is 278 Å². The number of hydrogen-bond donors (Lipinski definition) is 0. The highest BCUT2D eigenvalue weighted by molar-refractivity contribution is 5.67. The second kappa shape index (κ2) is 15.4. The van der Waals surface area contributed by atoms with Crippen molar-refractivity contribution in [2.75, 3.05) is 13.2 Å². The van der Waals surface area contributed by atoms with E-state index in [0.717, 1.165) is 43.2 Å². The molecular weight excluding hydrogens is 656 g/mol. The summed E-state index contributed by atoms with van der Waals surface area (Å²) >= 11 is 0. The van der Waals surface area contributed by atoms with Gasteiger partial charge in [0, 0.05) is 34.2 Å². The van der Waals surface area contributed by atoms with Gasteiger partial charge in [-0.25, -0.2) is 26.3 Å². The van der Waals surface area contributed by atoms with Crippen molar-refractivity contribution in [2.45, 2.75) is 45.0 Å². The van der Waals surface area contributed by atoms with E-state index in [0.29, 0.717) is 43.4 Å². The zero-order valence-electron chi connectivity index (χ0n) is 26.4. The summed E-state index contributed by atoms with van der Waals surface area (Å²) in [6, 6.07) is 8.92. The van der Waals surface area contributed by atoms with E-state index >= 15 is 22.0 Å². The molecule has 0 unspecified atom stereocenters. The fraction of sp³-hybridized carbons (Fsp3) is 0.263. The topological polar surface area (TPSA) is 27.7 Å². The first-order chi connectivity index (χ1) is 23.4. The van der Waals surface area contributed by atoms with Gasteiger partial charge in [0.2, 0.25) is 0 Å². The molecule has 5 rings (SSSR count). The second-order valence-corrected chi connectivity index (χ2v) is 11.6. The van der Waals surface area contributed by atoms with Gasteiger partial charge >= 0.3 is 6.11 Å². The van der Waals surface area contributed by atoms with Crippen molar-refractivity contribution in [3.05, 3.63) is 137 Å². The Bertz CT molecular complexity index is 1800. The van der Waals surface area contributed by atoms with Crippen LogP contribution in [0.4, 0.5) is 35.1 Å². The third kappa shape index (κ3) is 8.22. The minimum Gasteiger partial charge on any atom is -0.429 e. The third-order valence-electron chi connectivity index (χ3n) is 8.09. The van der Waals surface area contributed by atoms with E-state index in [9.17, 15) is 13.2 Å². The van der Waals surface area contributed by atoms with E-state index in [4.69, 9.17) is 9.47 Å². The van der Waals surface area contributed by atoms with Crippen LogP contribution in [0.5, 0.6) is 5.75 Å². The summed E-state index contributed by atoms with van der Waals surface area (Å²) in [6.45, 7) is 6.23. The van der Waals surface area contributed by atoms with Crippen molar-refractivity contribution in [3.63, 3.8) is 0 Å². The number of rotatable bonds is 12. The van der Waals surface area contributed by atoms with Gasteiger partial charge in [-0.2, -0.15) is 8.78 Å². The van der Waals surface area contributed by atoms with Gasteiger partial charge in [0.05, 0.1) is 13.2 Å². The lowest BCUT2D eigenvalue weighted by Gasteiger charge is -2.29. The normalized spacial score (nSPS) is 16.7. The quantitative estimate of drug-likeness (QED) is 0.110. The number of alkyl halides is 2. The summed E-state index contributed by atoms with van der Waals surface area (Å²) in [4.78, 5) is 0. The number of ether oxygens (including phenoxy) is 3. The maximum atomic E-state index is 15.1. The molecule has 0 spiro atoms. The highest BCUT2D eigenvalue weighted by atomic mass is 19.3. The molecule has 0 N–H and O–H groups in total. The zero-order chi connectivity index (χ0) is 35.3. The van der Waals surface area contributed by atoms with E-state index in [-0.39, 0.29) is 40.2 Å². The molecule has 1 aliphatic rings. The first-order valence-electron chi connectivity index (χ1n) is 15.5. The Kier molecular flexibility index (Phi) is 11.2. The van der Waals surface area contributed by atoms with E-state index in [1.807, 2.05) is 19.1 Å². The van der Waals surface area contributed by atoms with Crippen LogP contribution in [0.15, 0.2) is 85.5 Å². The first kappa shape index (κ1) is 35.8. The van der Waals surface area contributed by atoms with E-state index in [1.165, 1.54) is 18.2 Å². The Morgan fingerprint density at radius 2 is 1.33 bits per heavy atom. The third-order valence-corrected chi connectivity index (χ3v) is 8.09. The molecule has 3 nitrogen and oxygen atoms in total. The molecule has 1 fully saturated rings. The van der Waals surface area contributed by atoms with Crippen LogP contribution in [-0.4, -0.2) is 13.2 Å². The molecule has 0 amide bonds. The summed E-state index contributed by atoms with van der Waals surface area (Å²) in [5.41, 5.74) is -2.83. The van der Waals surface area contributed by atoms with Crippen LogP contribution in [0.25, 0.3) is 22.3 Å². The molecule has 0 atom stereocenters. The Balaban J connectivity index is 1.31. The molecule has 4 aromatic rings. The monoisotopic (exact) mass is 688 g/mol. The smallest absolute Gasteiger partial charge is 0.429 e. The minimum atomic E-state index is -4.64. The minimum absolute atomic E-state index is 0.0324. The van der Waals surface area contributed by atoms with Crippen molar-refractivity contribution in [1.82, 2.24) is 0 Å². The SMILES string of the molecule is C=CCCc1c(F)cc(-c2ccc(OC(F)(F)c3c(F)cc(-c4ccc(C5OCC(CCC=CC)CO5)cc4F)cc3F)cc2F)cc1F. The van der Waals surface area contributed by atoms with E-state index < -0.39 is 58.6 Å². The average Bonchev–Trinajstić information content (AvgIpc) is 3.04. The van der Waals surface area contributed by atoms with Gasteiger partial charge in [-0.3, -0.25) is 0 Å². The van der Waals surface area contributed by atoms with Crippen LogP contribution >= 0.6 is 0 Å². The number of benzene rings is 4. The molecule has 0 aromatic heterocycles. The van der Waals surface area contributed by atoms with Crippen molar-refractivity contribution in [1.29, 1.82) is 0 Å². The van der Waals surface area contributed by atoms with E-state index in [2.05, 4.69) is 11.3 Å². The van der Waals surface area contributed by atoms with Crippen LogP contribution in [0.2, 0.25) is 0 Å². The summed E-state index contributed by atoms with van der Waals surface area (Å²) in [6.07, 6.45) is 2.06. The van der Waals surface area contributed by atoms with Gasteiger partial charge in [-0.1, -0.05) is 30.4 Å². The molecule has 0 radical (unpaired) electrons. The van der Waals surface area contributed by atoms with Crippen molar-refractivity contribution in [3.8, 4) is 28.0 Å². The molecule has 49 heavy (non-hydrogen) atoms. The van der Waals surface area contributed by atoms with Gasteiger partial charge in [0.1, 0.15) is 46.2 Å². The van der Waals surface area contributed by atoms with Gasteiger partial charge in [-0.15, -0.1) is 6.58 Å². The number of hydrogen-bond acceptors (Lipinski definition) is 3. The van der Waals surface area contributed by atoms with Crippen LogP contribution in [0.3, 0.4) is 0 Å². The Hall–Kier alpha value is -4.48. The van der Waals surface area contributed by atoms with Crippen molar-refractivity contribution in [2.24, 2.45) is 5.92 Å². The number of halogens is 8. The van der Waals surface area contributed by atoms with Crippen molar-refractivity contribution < 1.29 is 49.3 Å². The largest absolute Gasteiger partial charge is 0.432 e. The Morgan fingerprint density at radius 1 is 0.755 bits per heavy atom. The average molecular weight is 689 g/mol. The van der Waals surface area contributed by atoms with Crippen LogP contribution in [0, 0.1) is 40.8 Å². The summed E-state index contributed by atoms with van der Waals surface area (Å²) < 4.78 is 135. The molecule has 0 bridgehead atoms. The fourth-order valence-electron chi connectivity index (χ4n) is 5.56. The maximum absolute atomic E-state index is 15.1. The van der Waals surface area contributed by atoms with Crippen LogP contribution in [0.1, 0.15) is 49.2 Å². The molecule has 0 saturated carbocycles. The van der Waals surface area contributed by atoms with Gasteiger partial charge in [0.25, 0.3) is 0 Å². The maximum Gasteiger partial charge on any atom is 0.432 e. The van der Waals surface area contributed by atoms with Crippen LogP contribution in [-0.2, 0) is 22.0 Å². The lowest BCUT2D eigenvalue weighted by atomic mass is 9.99. The predicted molar refractivity (Wildman–Crippen MR) is 169 cm³/mol. The second-order valence-electron chi connectivity index (χ2n) is 11.6. The predicted octanol–water partition coefficient (Wildman–Crippen LogP) is 11.1. The Morgan fingerprint density at radius 3 is 1.88 bits per heavy atom. The summed E-state index contributed by atoms with van der Waals surface area (Å²) in [7, 11) is 0. The summed E-state index contributed by atoms with van der Waals surface area (Å²) in [5, 5.41) is 0. The standard InChI is InChI=1S/C38H32F8O3/c1-3-5-7-8-22-20-47-37(48-21-22)23-10-12-27(30(39)14-23)25-17-34(43)36(35(44)18-25)38(45,46)49-26-11-13-28(33(42)19-26)24-15-31(40)29(9-6-4-2)32(41)16-24/h3-5,10-19,22,37H,2,6-9,20-21H2,1H3. The van der Waals surface area contributed by atoms with Crippen LogP contribution < -0.4 is 4.74 Å². The zero-order valence-corrected chi connectivity index (χ0v) is 26.4. The molecule has 258 valence electrons.